The molecule has 1 saturated heterocycles. The van der Waals surface area contributed by atoms with Crippen LogP contribution in [0.5, 0.6) is 0 Å². The van der Waals surface area contributed by atoms with Crippen molar-refractivity contribution < 1.29 is 13.2 Å². The zero-order chi connectivity index (χ0) is 21.6. The minimum absolute atomic E-state index is 0.0663. The Kier molecular flexibility index (Phi) is 5.52. The second-order valence-corrected chi connectivity index (χ2v) is 11.4. The summed E-state index contributed by atoms with van der Waals surface area (Å²) in [6.07, 6.45) is 1.44. The van der Waals surface area contributed by atoms with Gasteiger partial charge in [-0.15, -0.1) is 11.3 Å². The van der Waals surface area contributed by atoms with Crippen molar-refractivity contribution in [2.24, 2.45) is 0 Å². The molecule has 1 amide bonds. The summed E-state index contributed by atoms with van der Waals surface area (Å²) >= 11 is 7.17. The van der Waals surface area contributed by atoms with Gasteiger partial charge < -0.3 is 10.2 Å². The van der Waals surface area contributed by atoms with Crippen LogP contribution in [0.4, 0.5) is 0 Å². The Balaban J connectivity index is 1.29. The first-order valence-corrected chi connectivity index (χ1v) is 12.9. The van der Waals surface area contributed by atoms with E-state index in [0.29, 0.717) is 24.5 Å². The number of benzene rings is 2. The molecule has 3 heterocycles. The van der Waals surface area contributed by atoms with Crippen LogP contribution in [0.2, 0.25) is 5.02 Å². The molecule has 2 N–H and O–H groups in total. The summed E-state index contributed by atoms with van der Waals surface area (Å²) in [6.45, 7) is 1.94. The second-order valence-electron chi connectivity index (χ2n) is 7.95. The van der Waals surface area contributed by atoms with E-state index in [0.717, 1.165) is 34.4 Å². The molecule has 2 aromatic carbocycles. The number of sulfonamides is 1. The lowest BCUT2D eigenvalue weighted by Crippen LogP contribution is -2.44. The average molecular weight is 476 g/mol. The summed E-state index contributed by atoms with van der Waals surface area (Å²) in [4.78, 5) is 14.7. The number of carbonyl (C=O) groups is 1. The number of amides is 1. The number of hydrogen-bond donors (Lipinski definition) is 2. The van der Waals surface area contributed by atoms with Crippen LogP contribution >= 0.6 is 22.9 Å². The van der Waals surface area contributed by atoms with Gasteiger partial charge in [0.2, 0.25) is 5.91 Å². The van der Waals surface area contributed by atoms with Crippen molar-refractivity contribution in [3.05, 3.63) is 64.7 Å². The molecule has 1 fully saturated rings. The van der Waals surface area contributed by atoms with E-state index in [-0.39, 0.29) is 16.2 Å². The molecule has 2 atom stereocenters. The highest BCUT2D eigenvalue weighted by Gasteiger charge is 2.37. The third-order valence-corrected chi connectivity index (χ3v) is 9.22. The van der Waals surface area contributed by atoms with Crippen LogP contribution in [0.1, 0.15) is 23.6 Å². The Bertz CT molecular complexity index is 1260. The fourth-order valence-electron chi connectivity index (χ4n) is 4.36. The molecular weight excluding hydrogens is 454 g/mol. The number of halogens is 1. The maximum absolute atomic E-state index is 13.0. The monoisotopic (exact) mass is 475 g/mol. The molecule has 5 rings (SSSR count). The van der Waals surface area contributed by atoms with E-state index in [1.54, 1.807) is 29.2 Å². The Hall–Kier alpha value is -1.97. The zero-order valence-electron chi connectivity index (χ0n) is 16.7. The third kappa shape index (κ3) is 4.10. The lowest BCUT2D eigenvalue weighted by molar-refractivity contribution is -0.129. The van der Waals surface area contributed by atoms with Crippen LogP contribution in [-0.2, 0) is 21.2 Å². The van der Waals surface area contributed by atoms with Gasteiger partial charge in [-0.25, -0.2) is 8.42 Å². The number of nitrogens with one attached hydrogen (secondary N) is 2. The van der Waals surface area contributed by atoms with Crippen molar-refractivity contribution in [1.82, 2.24) is 14.9 Å². The summed E-state index contributed by atoms with van der Waals surface area (Å²) in [5, 5.41) is 4.87. The van der Waals surface area contributed by atoms with Gasteiger partial charge in [-0.3, -0.25) is 4.79 Å². The summed E-state index contributed by atoms with van der Waals surface area (Å²) in [5.74, 6) is -0.169. The van der Waals surface area contributed by atoms with Gasteiger partial charge in [0.1, 0.15) is 10.3 Å². The van der Waals surface area contributed by atoms with Crippen LogP contribution in [0.15, 0.2) is 52.7 Å². The normalized spacial score (nSPS) is 21.6. The van der Waals surface area contributed by atoms with Gasteiger partial charge in [0.15, 0.2) is 0 Å². The molecule has 1 aromatic heterocycles. The van der Waals surface area contributed by atoms with Crippen molar-refractivity contribution in [2.45, 2.75) is 29.1 Å². The predicted molar refractivity (Wildman–Crippen MR) is 123 cm³/mol. The SMILES string of the molecule is O=C1[C@@H](NS(=O)(=O)c2cc3ccc(Cl)cc3s2)CCN1CC1NCCc2ccccc21. The highest BCUT2D eigenvalue weighted by molar-refractivity contribution is 7.91. The number of hydrogen-bond acceptors (Lipinski definition) is 5. The topological polar surface area (TPSA) is 78.5 Å². The molecule has 3 aromatic rings. The summed E-state index contributed by atoms with van der Waals surface area (Å²) in [6, 6.07) is 14.5. The minimum atomic E-state index is -3.79. The third-order valence-electron chi connectivity index (χ3n) is 5.94. The van der Waals surface area contributed by atoms with Gasteiger partial charge in [0.05, 0.1) is 6.04 Å². The predicted octanol–water partition coefficient (Wildman–Crippen LogP) is 3.32. The maximum atomic E-state index is 13.0. The largest absolute Gasteiger partial charge is 0.339 e. The molecule has 0 bridgehead atoms. The highest BCUT2D eigenvalue weighted by Crippen LogP contribution is 2.32. The maximum Gasteiger partial charge on any atom is 0.250 e. The Morgan fingerprint density at radius 1 is 1.19 bits per heavy atom. The van der Waals surface area contributed by atoms with Crippen LogP contribution < -0.4 is 10.0 Å². The molecule has 2 aliphatic rings. The van der Waals surface area contributed by atoms with Crippen molar-refractivity contribution >= 4 is 49.0 Å². The molecule has 31 heavy (non-hydrogen) atoms. The van der Waals surface area contributed by atoms with Crippen molar-refractivity contribution in [3.63, 3.8) is 0 Å². The van der Waals surface area contributed by atoms with E-state index >= 15 is 0 Å². The minimum Gasteiger partial charge on any atom is -0.339 e. The van der Waals surface area contributed by atoms with E-state index < -0.39 is 16.1 Å². The molecule has 162 valence electrons. The molecule has 9 heteroatoms. The molecule has 0 spiro atoms. The molecule has 0 radical (unpaired) electrons. The number of rotatable bonds is 5. The van der Waals surface area contributed by atoms with Gasteiger partial charge >= 0.3 is 0 Å². The first-order chi connectivity index (χ1) is 14.9. The van der Waals surface area contributed by atoms with E-state index in [4.69, 9.17) is 11.6 Å². The molecular formula is C22H22ClN3O3S2. The van der Waals surface area contributed by atoms with Crippen LogP contribution in [0.25, 0.3) is 10.1 Å². The molecule has 1 unspecified atom stereocenters. The fourth-order valence-corrected chi connectivity index (χ4v) is 7.28. The standard InChI is InChI=1S/C22H22ClN3O3S2/c23-16-6-5-15-11-21(30-20(15)12-16)31(28,29)25-18-8-10-26(22(18)27)13-19-17-4-2-1-3-14(17)7-9-24-19/h1-6,11-12,18-19,24-25H,7-10,13H2/t18-,19?/m0/s1. The first kappa shape index (κ1) is 20.9. The van der Waals surface area contributed by atoms with Crippen LogP contribution in [0.3, 0.4) is 0 Å². The summed E-state index contributed by atoms with van der Waals surface area (Å²) in [7, 11) is -3.79. The fraction of sp³-hybridized carbons (Fsp3) is 0.318. The zero-order valence-corrected chi connectivity index (χ0v) is 19.1. The van der Waals surface area contributed by atoms with Gasteiger partial charge in [0, 0.05) is 22.8 Å². The van der Waals surface area contributed by atoms with Gasteiger partial charge in [-0.05, 0) is 54.1 Å². The quantitative estimate of drug-likeness (QED) is 0.593. The van der Waals surface area contributed by atoms with Gasteiger partial charge in [-0.1, -0.05) is 41.9 Å². The number of carbonyl (C=O) groups excluding carboxylic acids is 1. The van der Waals surface area contributed by atoms with Crippen molar-refractivity contribution in [3.8, 4) is 0 Å². The number of fused-ring (bicyclic) bond motifs is 2. The molecule has 0 saturated carbocycles. The Labute approximate surface area is 190 Å². The molecule has 0 aliphatic carbocycles. The van der Waals surface area contributed by atoms with Crippen LogP contribution in [-0.4, -0.2) is 44.9 Å². The number of likely N-dealkylation sites (tertiary alicyclic amines) is 1. The summed E-state index contributed by atoms with van der Waals surface area (Å²) < 4.78 is 29.5. The van der Waals surface area contributed by atoms with E-state index in [1.165, 1.54) is 11.1 Å². The lowest BCUT2D eigenvalue weighted by Gasteiger charge is -2.30. The lowest BCUT2D eigenvalue weighted by atomic mass is 9.94. The van der Waals surface area contributed by atoms with Crippen molar-refractivity contribution in [1.29, 1.82) is 0 Å². The highest BCUT2D eigenvalue weighted by atomic mass is 35.5. The molecule has 6 nitrogen and oxygen atoms in total. The smallest absolute Gasteiger partial charge is 0.250 e. The Morgan fingerprint density at radius 3 is 2.90 bits per heavy atom. The number of nitrogens with zero attached hydrogens (tertiary/aromatic N) is 1. The van der Waals surface area contributed by atoms with Gasteiger partial charge in [0.25, 0.3) is 10.0 Å². The van der Waals surface area contributed by atoms with Crippen LogP contribution in [0, 0.1) is 0 Å². The first-order valence-electron chi connectivity index (χ1n) is 10.2. The Morgan fingerprint density at radius 2 is 2.03 bits per heavy atom. The van der Waals surface area contributed by atoms with E-state index in [9.17, 15) is 13.2 Å². The second kappa shape index (κ2) is 8.18. The number of thiophene rings is 1. The molecule has 2 aliphatic heterocycles. The van der Waals surface area contributed by atoms with Gasteiger partial charge in [-0.2, -0.15) is 4.72 Å². The average Bonchev–Trinajstić information content (AvgIpc) is 3.33. The van der Waals surface area contributed by atoms with E-state index in [2.05, 4.69) is 22.2 Å². The van der Waals surface area contributed by atoms with E-state index in [1.807, 2.05) is 12.1 Å². The summed E-state index contributed by atoms with van der Waals surface area (Å²) in [5.41, 5.74) is 2.52. The van der Waals surface area contributed by atoms with Crippen molar-refractivity contribution in [2.75, 3.05) is 19.6 Å².